The molecule has 122 valence electrons. The van der Waals surface area contributed by atoms with Crippen LogP contribution < -0.4 is 5.32 Å². The summed E-state index contributed by atoms with van der Waals surface area (Å²) in [7, 11) is 0. The highest BCUT2D eigenvalue weighted by Crippen LogP contribution is 2.47. The maximum absolute atomic E-state index is 12.9. The van der Waals surface area contributed by atoms with Gasteiger partial charge in [0, 0.05) is 18.9 Å². The van der Waals surface area contributed by atoms with Crippen LogP contribution in [0.5, 0.6) is 0 Å². The van der Waals surface area contributed by atoms with Gasteiger partial charge in [-0.1, -0.05) is 24.3 Å². The van der Waals surface area contributed by atoms with E-state index < -0.39 is 0 Å². The molecule has 1 amide bonds. The molecule has 1 aliphatic carbocycles. The Bertz CT molecular complexity index is 841. The first kappa shape index (κ1) is 15.3. The first-order valence-electron chi connectivity index (χ1n) is 8.08. The summed E-state index contributed by atoms with van der Waals surface area (Å²) in [6.07, 6.45) is 1.59. The molecule has 0 radical (unpaired) electrons. The van der Waals surface area contributed by atoms with Crippen LogP contribution in [0.2, 0.25) is 0 Å². The van der Waals surface area contributed by atoms with Gasteiger partial charge in [-0.25, -0.2) is 9.37 Å². The number of nitrogens with one attached hydrogen (secondary N) is 1. The average Bonchev–Trinajstić information content (AvgIpc) is 3.28. The van der Waals surface area contributed by atoms with Crippen molar-refractivity contribution in [3.05, 3.63) is 64.9 Å². The van der Waals surface area contributed by atoms with Gasteiger partial charge in [-0.05, 0) is 42.2 Å². The third-order valence-electron chi connectivity index (χ3n) is 4.40. The van der Waals surface area contributed by atoms with Crippen LogP contribution in [0.4, 0.5) is 4.39 Å². The summed E-state index contributed by atoms with van der Waals surface area (Å²) in [4.78, 5) is 16.8. The third kappa shape index (κ3) is 3.17. The summed E-state index contributed by atoms with van der Waals surface area (Å²) in [5.41, 5.74) is 2.06. The van der Waals surface area contributed by atoms with Gasteiger partial charge in [0.25, 0.3) is 0 Å². The molecule has 2 unspecified atom stereocenters. The molecule has 1 aromatic heterocycles. The van der Waals surface area contributed by atoms with Crippen LogP contribution in [0.15, 0.2) is 48.5 Å². The number of thiazole rings is 1. The zero-order valence-corrected chi connectivity index (χ0v) is 13.9. The Hall–Kier alpha value is -2.27. The molecule has 0 aliphatic heterocycles. The van der Waals surface area contributed by atoms with Gasteiger partial charge in [0.1, 0.15) is 5.82 Å². The van der Waals surface area contributed by atoms with Crippen LogP contribution in [-0.4, -0.2) is 17.4 Å². The van der Waals surface area contributed by atoms with E-state index in [4.69, 9.17) is 0 Å². The number of benzene rings is 2. The summed E-state index contributed by atoms with van der Waals surface area (Å²) in [6.45, 7) is 0.602. The molecule has 5 heteroatoms. The summed E-state index contributed by atoms with van der Waals surface area (Å²) < 4.78 is 14.1. The van der Waals surface area contributed by atoms with Gasteiger partial charge in [-0.3, -0.25) is 4.79 Å². The Morgan fingerprint density at radius 2 is 2.00 bits per heavy atom. The van der Waals surface area contributed by atoms with E-state index in [-0.39, 0.29) is 23.6 Å². The lowest BCUT2D eigenvalue weighted by atomic mass is 10.1. The molecule has 0 bridgehead atoms. The molecule has 0 saturated heterocycles. The van der Waals surface area contributed by atoms with Crippen molar-refractivity contribution in [2.24, 2.45) is 5.92 Å². The molecule has 1 aliphatic rings. The standard InChI is InChI=1S/C19H17FN2OS/c20-13-7-5-12(6-8-13)14-11-15(14)19(23)21-10-9-18-22-16-3-1-2-4-17(16)24-18/h1-8,14-15H,9-11H2,(H,21,23). The minimum absolute atomic E-state index is 0.0193. The fourth-order valence-corrected chi connectivity index (χ4v) is 3.98. The fourth-order valence-electron chi connectivity index (χ4n) is 3.01. The molecule has 4 rings (SSSR count). The van der Waals surface area contributed by atoms with Crippen molar-refractivity contribution in [3.8, 4) is 0 Å². The molecule has 2 atom stereocenters. The number of para-hydroxylation sites is 1. The lowest BCUT2D eigenvalue weighted by molar-refractivity contribution is -0.122. The highest BCUT2D eigenvalue weighted by molar-refractivity contribution is 7.18. The van der Waals surface area contributed by atoms with Crippen molar-refractivity contribution in [3.63, 3.8) is 0 Å². The van der Waals surface area contributed by atoms with E-state index in [1.165, 1.54) is 16.8 Å². The number of hydrogen-bond acceptors (Lipinski definition) is 3. The molecule has 3 aromatic rings. The van der Waals surface area contributed by atoms with Crippen LogP contribution in [0, 0.1) is 11.7 Å². The van der Waals surface area contributed by atoms with E-state index in [0.29, 0.717) is 6.54 Å². The van der Waals surface area contributed by atoms with Crippen LogP contribution in [0.3, 0.4) is 0 Å². The topological polar surface area (TPSA) is 42.0 Å². The Balaban J connectivity index is 1.29. The number of carbonyl (C=O) groups is 1. The molecule has 1 fully saturated rings. The van der Waals surface area contributed by atoms with E-state index in [9.17, 15) is 9.18 Å². The molecule has 1 heterocycles. The Morgan fingerprint density at radius 1 is 1.21 bits per heavy atom. The smallest absolute Gasteiger partial charge is 0.223 e. The second-order valence-electron chi connectivity index (χ2n) is 6.12. The Morgan fingerprint density at radius 3 is 2.79 bits per heavy atom. The molecule has 2 aromatic carbocycles. The number of amides is 1. The van der Waals surface area contributed by atoms with Crippen molar-refractivity contribution in [2.45, 2.75) is 18.8 Å². The van der Waals surface area contributed by atoms with Gasteiger partial charge in [-0.15, -0.1) is 11.3 Å². The number of carbonyl (C=O) groups excluding carboxylic acids is 1. The van der Waals surface area contributed by atoms with E-state index >= 15 is 0 Å². The molecule has 1 N–H and O–H groups in total. The maximum atomic E-state index is 12.9. The van der Waals surface area contributed by atoms with Crippen molar-refractivity contribution in [2.75, 3.05) is 6.54 Å². The van der Waals surface area contributed by atoms with Gasteiger partial charge in [0.2, 0.25) is 5.91 Å². The lowest BCUT2D eigenvalue weighted by Crippen LogP contribution is -2.27. The molecule has 24 heavy (non-hydrogen) atoms. The summed E-state index contributed by atoms with van der Waals surface area (Å²) in [5.74, 6) is 0.0977. The van der Waals surface area contributed by atoms with Crippen LogP contribution >= 0.6 is 11.3 Å². The third-order valence-corrected chi connectivity index (χ3v) is 5.50. The molecule has 3 nitrogen and oxygen atoms in total. The van der Waals surface area contributed by atoms with E-state index in [1.54, 1.807) is 23.5 Å². The fraction of sp³-hybridized carbons (Fsp3) is 0.263. The Labute approximate surface area is 143 Å². The zero-order valence-electron chi connectivity index (χ0n) is 13.0. The van der Waals surface area contributed by atoms with Crippen LogP contribution in [0.25, 0.3) is 10.2 Å². The number of fused-ring (bicyclic) bond motifs is 1. The Kier molecular flexibility index (Phi) is 4.02. The SMILES string of the molecule is O=C(NCCc1nc2ccccc2s1)C1CC1c1ccc(F)cc1. The maximum Gasteiger partial charge on any atom is 0.223 e. The lowest BCUT2D eigenvalue weighted by Gasteiger charge is -2.04. The summed E-state index contributed by atoms with van der Waals surface area (Å²) in [6, 6.07) is 14.5. The quantitative estimate of drug-likeness (QED) is 0.765. The molecule has 1 saturated carbocycles. The van der Waals surface area contributed by atoms with E-state index in [2.05, 4.69) is 16.4 Å². The van der Waals surface area contributed by atoms with Gasteiger partial charge < -0.3 is 5.32 Å². The second-order valence-corrected chi connectivity index (χ2v) is 7.23. The predicted octanol–water partition coefficient (Wildman–Crippen LogP) is 3.90. The van der Waals surface area contributed by atoms with E-state index in [1.807, 2.05) is 18.2 Å². The first-order chi connectivity index (χ1) is 11.7. The number of halogens is 1. The predicted molar refractivity (Wildman–Crippen MR) is 93.6 cm³/mol. The van der Waals surface area contributed by atoms with E-state index in [0.717, 1.165) is 28.9 Å². The average molecular weight is 340 g/mol. The molecule has 0 spiro atoms. The van der Waals surface area contributed by atoms with Crippen LogP contribution in [-0.2, 0) is 11.2 Å². The normalized spacial score (nSPS) is 19.4. The van der Waals surface area contributed by atoms with Crippen molar-refractivity contribution in [1.82, 2.24) is 10.3 Å². The zero-order chi connectivity index (χ0) is 16.5. The van der Waals surface area contributed by atoms with Crippen molar-refractivity contribution in [1.29, 1.82) is 0 Å². The monoisotopic (exact) mass is 340 g/mol. The number of aromatic nitrogens is 1. The van der Waals surface area contributed by atoms with Crippen molar-refractivity contribution >= 4 is 27.5 Å². The number of hydrogen-bond donors (Lipinski definition) is 1. The minimum Gasteiger partial charge on any atom is -0.355 e. The minimum atomic E-state index is -0.240. The van der Waals surface area contributed by atoms with Crippen molar-refractivity contribution < 1.29 is 9.18 Å². The summed E-state index contributed by atoms with van der Waals surface area (Å²) in [5, 5.41) is 4.05. The number of rotatable bonds is 5. The molecular weight excluding hydrogens is 323 g/mol. The van der Waals surface area contributed by atoms with Gasteiger partial charge in [-0.2, -0.15) is 0 Å². The van der Waals surface area contributed by atoms with Gasteiger partial charge in [0.05, 0.1) is 15.2 Å². The summed E-state index contributed by atoms with van der Waals surface area (Å²) >= 11 is 1.67. The first-order valence-corrected chi connectivity index (χ1v) is 8.90. The second kappa shape index (κ2) is 6.32. The van der Waals surface area contributed by atoms with Crippen LogP contribution in [0.1, 0.15) is 22.9 Å². The van der Waals surface area contributed by atoms with Gasteiger partial charge >= 0.3 is 0 Å². The largest absolute Gasteiger partial charge is 0.355 e. The molecular formula is C19H17FN2OS. The number of nitrogens with zero attached hydrogens (tertiary/aromatic N) is 1. The van der Waals surface area contributed by atoms with Gasteiger partial charge in [0.15, 0.2) is 0 Å². The highest BCUT2D eigenvalue weighted by Gasteiger charge is 2.43. The highest BCUT2D eigenvalue weighted by atomic mass is 32.1.